The van der Waals surface area contributed by atoms with Gasteiger partial charge < -0.3 is 13.9 Å². The van der Waals surface area contributed by atoms with E-state index in [9.17, 15) is 14.9 Å². The van der Waals surface area contributed by atoms with Crippen LogP contribution in [0.25, 0.3) is 11.5 Å². The maximum absolute atomic E-state index is 11.6. The average molecular weight is 355 g/mol. The molecule has 3 rings (SSSR count). The zero-order valence-corrected chi connectivity index (χ0v) is 13.6. The van der Waals surface area contributed by atoms with Crippen LogP contribution < -0.4 is 4.74 Å². The molecule has 0 aliphatic carbocycles. The molecule has 0 amide bonds. The third-order valence-corrected chi connectivity index (χ3v) is 3.42. The lowest BCUT2D eigenvalue weighted by Gasteiger charge is -2.06. The van der Waals surface area contributed by atoms with Crippen molar-refractivity contribution in [3.8, 4) is 17.2 Å². The normalized spacial score (nSPS) is 10.3. The van der Waals surface area contributed by atoms with Crippen molar-refractivity contribution < 1.29 is 23.6 Å². The molecule has 2 aromatic carbocycles. The topological polar surface area (TPSA) is 118 Å². The Bertz CT molecular complexity index is 939. The fraction of sp³-hybridized carbons (Fsp3) is 0.118. The highest BCUT2D eigenvalue weighted by molar-refractivity contribution is 5.90. The summed E-state index contributed by atoms with van der Waals surface area (Å²) in [5, 5.41) is 18.9. The van der Waals surface area contributed by atoms with Gasteiger partial charge >= 0.3 is 11.7 Å². The molecular formula is C17H13N3O6. The molecular weight excluding hydrogens is 342 g/mol. The summed E-state index contributed by atoms with van der Waals surface area (Å²) in [5.41, 5.74) is 0.578. The number of hydrogen-bond donors (Lipinski definition) is 0. The van der Waals surface area contributed by atoms with E-state index >= 15 is 0 Å². The van der Waals surface area contributed by atoms with E-state index in [-0.39, 0.29) is 29.5 Å². The van der Waals surface area contributed by atoms with Crippen molar-refractivity contribution in [1.29, 1.82) is 0 Å². The first kappa shape index (κ1) is 17.1. The molecule has 0 aliphatic heterocycles. The van der Waals surface area contributed by atoms with E-state index in [0.29, 0.717) is 5.89 Å². The Morgan fingerprint density at radius 2 is 1.96 bits per heavy atom. The average Bonchev–Trinajstić information content (AvgIpc) is 3.15. The van der Waals surface area contributed by atoms with Gasteiger partial charge in [0.1, 0.15) is 0 Å². The van der Waals surface area contributed by atoms with Gasteiger partial charge in [0.2, 0.25) is 5.89 Å². The molecule has 0 N–H and O–H groups in total. The van der Waals surface area contributed by atoms with Gasteiger partial charge in [-0.25, -0.2) is 4.79 Å². The van der Waals surface area contributed by atoms with Crippen molar-refractivity contribution in [3.63, 3.8) is 0 Å². The molecule has 1 heterocycles. The summed E-state index contributed by atoms with van der Waals surface area (Å²) in [4.78, 5) is 22.1. The summed E-state index contributed by atoms with van der Waals surface area (Å²) >= 11 is 0. The zero-order chi connectivity index (χ0) is 18.5. The summed E-state index contributed by atoms with van der Waals surface area (Å²) in [6.45, 7) is -0.189. The van der Waals surface area contributed by atoms with Gasteiger partial charge in [-0.1, -0.05) is 18.2 Å². The van der Waals surface area contributed by atoms with E-state index in [1.54, 1.807) is 0 Å². The van der Waals surface area contributed by atoms with Crippen LogP contribution in [0.1, 0.15) is 16.2 Å². The Labute approximate surface area is 147 Å². The molecule has 0 unspecified atom stereocenters. The number of carbonyl (C=O) groups excluding carboxylic acids is 1. The number of esters is 1. The largest absolute Gasteiger partial charge is 0.477 e. The first-order valence-electron chi connectivity index (χ1n) is 7.46. The minimum Gasteiger partial charge on any atom is -0.477 e. The fourth-order valence-electron chi connectivity index (χ4n) is 2.17. The van der Waals surface area contributed by atoms with Gasteiger partial charge in [0.15, 0.2) is 12.4 Å². The number of benzene rings is 2. The minimum absolute atomic E-state index is 0.0997. The van der Waals surface area contributed by atoms with Crippen molar-refractivity contribution in [2.45, 2.75) is 6.61 Å². The van der Waals surface area contributed by atoms with Crippen LogP contribution in [0.4, 0.5) is 5.69 Å². The summed E-state index contributed by atoms with van der Waals surface area (Å²) in [6, 6.07) is 12.8. The summed E-state index contributed by atoms with van der Waals surface area (Å²) in [5.74, 6) is -0.283. The molecule has 0 atom stereocenters. The van der Waals surface area contributed by atoms with Crippen molar-refractivity contribution in [2.24, 2.45) is 0 Å². The van der Waals surface area contributed by atoms with Crippen LogP contribution in [-0.2, 0) is 11.3 Å². The van der Waals surface area contributed by atoms with Crippen molar-refractivity contribution >= 4 is 11.7 Å². The van der Waals surface area contributed by atoms with E-state index in [4.69, 9.17) is 9.15 Å². The van der Waals surface area contributed by atoms with Crippen LogP contribution in [0.2, 0.25) is 0 Å². The predicted octanol–water partition coefficient (Wildman–Crippen LogP) is 3.01. The zero-order valence-electron chi connectivity index (χ0n) is 13.6. The number of carbonyl (C=O) groups is 1. The molecule has 9 nitrogen and oxygen atoms in total. The lowest BCUT2D eigenvalue weighted by molar-refractivity contribution is -0.386. The van der Waals surface area contributed by atoms with Crippen molar-refractivity contribution in [3.05, 3.63) is 70.1 Å². The lowest BCUT2D eigenvalue weighted by atomic mass is 10.2. The van der Waals surface area contributed by atoms with E-state index in [2.05, 4.69) is 14.9 Å². The summed E-state index contributed by atoms with van der Waals surface area (Å²) < 4.78 is 15.5. The molecule has 0 spiro atoms. The Balaban J connectivity index is 1.79. The highest BCUT2D eigenvalue weighted by Gasteiger charge is 2.19. The van der Waals surface area contributed by atoms with Gasteiger partial charge in [0.05, 0.1) is 17.6 Å². The van der Waals surface area contributed by atoms with Crippen LogP contribution >= 0.6 is 0 Å². The molecule has 0 radical (unpaired) electrons. The lowest BCUT2D eigenvalue weighted by Crippen LogP contribution is -2.04. The van der Waals surface area contributed by atoms with Crippen molar-refractivity contribution in [1.82, 2.24) is 10.2 Å². The Kier molecular flexibility index (Phi) is 4.88. The molecule has 0 aliphatic rings. The molecule has 132 valence electrons. The highest BCUT2D eigenvalue weighted by Crippen LogP contribution is 2.29. The van der Waals surface area contributed by atoms with Crippen LogP contribution in [0.3, 0.4) is 0 Å². The monoisotopic (exact) mass is 355 g/mol. The van der Waals surface area contributed by atoms with Crippen LogP contribution in [0.5, 0.6) is 5.75 Å². The van der Waals surface area contributed by atoms with Gasteiger partial charge in [-0.05, 0) is 18.2 Å². The fourth-order valence-corrected chi connectivity index (χ4v) is 2.17. The molecule has 26 heavy (non-hydrogen) atoms. The number of nitro groups is 1. The second kappa shape index (κ2) is 7.43. The van der Waals surface area contributed by atoms with Crippen LogP contribution in [0, 0.1) is 10.1 Å². The second-order valence-corrected chi connectivity index (χ2v) is 5.09. The first-order chi connectivity index (χ1) is 12.6. The van der Waals surface area contributed by atoms with Crippen molar-refractivity contribution in [2.75, 3.05) is 7.11 Å². The standard InChI is InChI=1S/C17H13N3O6/c1-24-17(21)12-7-8-13(20(22)23)14(9-12)25-10-15-18-19-16(26-15)11-5-3-2-4-6-11/h2-9H,10H2,1H3. The maximum Gasteiger partial charge on any atom is 0.337 e. The number of methoxy groups -OCH3 is 1. The second-order valence-electron chi connectivity index (χ2n) is 5.09. The Hall–Kier alpha value is -3.75. The SMILES string of the molecule is COC(=O)c1ccc([N+](=O)[O-])c(OCc2nnc(-c3ccccc3)o2)c1. The summed E-state index contributed by atoms with van der Waals surface area (Å²) in [7, 11) is 1.22. The quantitative estimate of drug-likeness (QED) is 0.376. The molecule has 0 saturated heterocycles. The van der Waals surface area contributed by atoms with E-state index in [0.717, 1.165) is 5.56 Å². The third kappa shape index (κ3) is 3.66. The molecule has 9 heteroatoms. The molecule has 0 saturated carbocycles. The van der Waals surface area contributed by atoms with Gasteiger partial charge in [-0.2, -0.15) is 0 Å². The van der Waals surface area contributed by atoms with Crippen LogP contribution in [-0.4, -0.2) is 28.2 Å². The smallest absolute Gasteiger partial charge is 0.337 e. The van der Waals surface area contributed by atoms with E-state index in [1.807, 2.05) is 30.3 Å². The number of aromatic nitrogens is 2. The van der Waals surface area contributed by atoms with E-state index in [1.165, 1.54) is 25.3 Å². The van der Waals surface area contributed by atoms with Crippen LogP contribution in [0.15, 0.2) is 52.9 Å². The highest BCUT2D eigenvalue weighted by atomic mass is 16.6. The third-order valence-electron chi connectivity index (χ3n) is 3.42. The number of nitrogens with zero attached hydrogens (tertiary/aromatic N) is 3. The molecule has 3 aromatic rings. The number of hydrogen-bond acceptors (Lipinski definition) is 8. The number of ether oxygens (including phenoxy) is 2. The first-order valence-corrected chi connectivity index (χ1v) is 7.46. The minimum atomic E-state index is -0.631. The predicted molar refractivity (Wildman–Crippen MR) is 88.5 cm³/mol. The Morgan fingerprint density at radius 3 is 2.65 bits per heavy atom. The van der Waals surface area contributed by atoms with Gasteiger partial charge in [0, 0.05) is 17.7 Å². The van der Waals surface area contributed by atoms with Gasteiger partial charge in [0.25, 0.3) is 5.89 Å². The molecule has 1 aromatic heterocycles. The van der Waals surface area contributed by atoms with Gasteiger partial charge in [-0.15, -0.1) is 10.2 Å². The molecule has 0 bridgehead atoms. The number of rotatable bonds is 6. The Morgan fingerprint density at radius 1 is 1.19 bits per heavy atom. The number of nitro benzene ring substituents is 1. The van der Waals surface area contributed by atoms with E-state index < -0.39 is 10.9 Å². The van der Waals surface area contributed by atoms with Gasteiger partial charge in [-0.3, -0.25) is 10.1 Å². The summed E-state index contributed by atoms with van der Waals surface area (Å²) in [6.07, 6.45) is 0. The molecule has 0 fully saturated rings. The maximum atomic E-state index is 11.6.